The second-order valence-electron chi connectivity index (χ2n) is 6.62. The van der Waals surface area contributed by atoms with Crippen molar-refractivity contribution in [2.75, 3.05) is 13.6 Å². The lowest BCUT2D eigenvalue weighted by Gasteiger charge is -2.42. The Hall–Kier alpha value is -0.590. The van der Waals surface area contributed by atoms with Crippen LogP contribution in [0, 0.1) is 17.2 Å². The van der Waals surface area contributed by atoms with E-state index in [0.29, 0.717) is 12.1 Å². The first-order valence-electron chi connectivity index (χ1n) is 7.82. The van der Waals surface area contributed by atoms with E-state index in [1.807, 2.05) is 0 Å². The van der Waals surface area contributed by atoms with Gasteiger partial charge in [-0.15, -0.1) is 0 Å². The molecular formula is C16H31N3. The van der Waals surface area contributed by atoms with E-state index in [9.17, 15) is 5.26 Å². The zero-order valence-corrected chi connectivity index (χ0v) is 13.4. The van der Waals surface area contributed by atoms with Gasteiger partial charge in [-0.05, 0) is 58.5 Å². The van der Waals surface area contributed by atoms with Gasteiger partial charge < -0.3 is 4.90 Å². The minimum atomic E-state index is -0.288. The smallest absolute Gasteiger partial charge is 0.108 e. The fraction of sp³-hybridized carbons (Fsp3) is 0.938. The lowest BCUT2D eigenvalue weighted by molar-refractivity contribution is 0.103. The van der Waals surface area contributed by atoms with Crippen LogP contribution in [0.25, 0.3) is 0 Å². The SMILES string of the molecule is CCNC1(C#N)CCCC(N(C)C(C)CC(C)C)C1. The summed E-state index contributed by atoms with van der Waals surface area (Å²) in [5.41, 5.74) is -0.288. The zero-order chi connectivity index (χ0) is 14.5. The Balaban J connectivity index is 2.66. The minimum Gasteiger partial charge on any atom is -0.301 e. The van der Waals surface area contributed by atoms with Crippen molar-refractivity contribution in [1.82, 2.24) is 10.2 Å². The molecule has 1 aliphatic carbocycles. The summed E-state index contributed by atoms with van der Waals surface area (Å²) in [5.74, 6) is 0.732. The highest BCUT2D eigenvalue weighted by Crippen LogP contribution is 2.31. The predicted molar refractivity (Wildman–Crippen MR) is 81.0 cm³/mol. The van der Waals surface area contributed by atoms with E-state index in [-0.39, 0.29) is 5.54 Å². The van der Waals surface area contributed by atoms with Crippen LogP contribution in [0.4, 0.5) is 0 Å². The van der Waals surface area contributed by atoms with Crippen LogP contribution in [0.1, 0.15) is 59.8 Å². The van der Waals surface area contributed by atoms with Gasteiger partial charge in [-0.2, -0.15) is 5.26 Å². The molecule has 0 bridgehead atoms. The Morgan fingerprint density at radius 2 is 2.11 bits per heavy atom. The molecule has 1 N–H and O–H groups in total. The molecule has 1 rings (SSSR count). The third-order valence-corrected chi connectivity index (χ3v) is 4.54. The first-order valence-corrected chi connectivity index (χ1v) is 7.82. The van der Waals surface area contributed by atoms with Gasteiger partial charge >= 0.3 is 0 Å². The van der Waals surface area contributed by atoms with Gasteiger partial charge in [0.25, 0.3) is 0 Å². The van der Waals surface area contributed by atoms with Gasteiger partial charge in [-0.1, -0.05) is 20.8 Å². The Labute approximate surface area is 119 Å². The quantitative estimate of drug-likeness (QED) is 0.802. The monoisotopic (exact) mass is 265 g/mol. The summed E-state index contributed by atoms with van der Waals surface area (Å²) >= 11 is 0. The molecule has 0 aliphatic heterocycles. The van der Waals surface area contributed by atoms with Gasteiger partial charge in [0, 0.05) is 12.1 Å². The maximum absolute atomic E-state index is 9.53. The van der Waals surface area contributed by atoms with Gasteiger partial charge in [-0.25, -0.2) is 0 Å². The standard InChI is InChI=1S/C16H31N3/c1-6-18-16(12-17)9-7-8-15(11-16)19(5)14(4)10-13(2)3/h13-15,18H,6-11H2,1-5H3. The van der Waals surface area contributed by atoms with Crippen molar-refractivity contribution in [2.45, 2.75) is 77.4 Å². The second kappa shape index (κ2) is 7.26. The number of hydrogen-bond acceptors (Lipinski definition) is 3. The van der Waals surface area contributed by atoms with Crippen LogP contribution < -0.4 is 5.32 Å². The molecule has 0 aromatic heterocycles. The van der Waals surface area contributed by atoms with Crippen LogP contribution in [0.3, 0.4) is 0 Å². The fourth-order valence-corrected chi connectivity index (χ4v) is 3.44. The Kier molecular flexibility index (Phi) is 6.29. The molecule has 1 saturated carbocycles. The molecule has 1 aliphatic rings. The first kappa shape index (κ1) is 16.5. The number of nitrogens with zero attached hydrogens (tertiary/aromatic N) is 2. The van der Waals surface area contributed by atoms with Gasteiger partial charge in [-0.3, -0.25) is 5.32 Å². The molecule has 0 saturated heterocycles. The highest BCUT2D eigenvalue weighted by Gasteiger charge is 2.38. The average Bonchev–Trinajstić information content (AvgIpc) is 2.37. The van der Waals surface area contributed by atoms with Crippen LogP contribution in [-0.4, -0.2) is 36.1 Å². The van der Waals surface area contributed by atoms with Gasteiger partial charge in [0.1, 0.15) is 5.54 Å². The second-order valence-corrected chi connectivity index (χ2v) is 6.62. The van der Waals surface area contributed by atoms with E-state index in [2.05, 4.69) is 51.0 Å². The molecule has 0 heterocycles. The van der Waals surface area contributed by atoms with Crippen molar-refractivity contribution in [1.29, 1.82) is 5.26 Å². The molecule has 3 atom stereocenters. The molecule has 0 aromatic rings. The highest BCUT2D eigenvalue weighted by atomic mass is 15.2. The molecule has 110 valence electrons. The number of rotatable bonds is 6. The maximum atomic E-state index is 9.53. The van der Waals surface area contributed by atoms with E-state index < -0.39 is 0 Å². The Morgan fingerprint density at radius 1 is 1.42 bits per heavy atom. The third kappa shape index (κ3) is 4.47. The van der Waals surface area contributed by atoms with Crippen LogP contribution in [-0.2, 0) is 0 Å². The van der Waals surface area contributed by atoms with Crippen molar-refractivity contribution in [3.05, 3.63) is 0 Å². The third-order valence-electron chi connectivity index (χ3n) is 4.54. The van der Waals surface area contributed by atoms with Crippen molar-refractivity contribution in [2.24, 2.45) is 5.92 Å². The van der Waals surface area contributed by atoms with Crippen molar-refractivity contribution in [3.8, 4) is 6.07 Å². The summed E-state index contributed by atoms with van der Waals surface area (Å²) in [6.07, 6.45) is 5.59. The van der Waals surface area contributed by atoms with Gasteiger partial charge in [0.2, 0.25) is 0 Å². The lowest BCUT2D eigenvalue weighted by atomic mass is 9.79. The Morgan fingerprint density at radius 3 is 2.63 bits per heavy atom. The molecule has 0 spiro atoms. The first-order chi connectivity index (χ1) is 8.94. The van der Waals surface area contributed by atoms with Crippen molar-refractivity contribution >= 4 is 0 Å². The van der Waals surface area contributed by atoms with Crippen molar-refractivity contribution < 1.29 is 0 Å². The van der Waals surface area contributed by atoms with Crippen molar-refractivity contribution in [3.63, 3.8) is 0 Å². The average molecular weight is 265 g/mol. The normalized spacial score (nSPS) is 29.5. The summed E-state index contributed by atoms with van der Waals surface area (Å²) in [4.78, 5) is 2.50. The van der Waals surface area contributed by atoms with Gasteiger partial charge in [0.15, 0.2) is 0 Å². The molecule has 3 nitrogen and oxygen atoms in total. The highest BCUT2D eigenvalue weighted by molar-refractivity contribution is 5.11. The molecule has 0 amide bonds. The van der Waals surface area contributed by atoms with Crippen LogP contribution >= 0.6 is 0 Å². The molecule has 1 fully saturated rings. The van der Waals surface area contributed by atoms with Gasteiger partial charge in [0.05, 0.1) is 6.07 Å². The summed E-state index contributed by atoms with van der Waals surface area (Å²) in [7, 11) is 2.23. The van der Waals surface area contributed by atoms with E-state index in [4.69, 9.17) is 0 Å². The number of nitriles is 1. The topological polar surface area (TPSA) is 39.1 Å². The summed E-state index contributed by atoms with van der Waals surface area (Å²) in [6.45, 7) is 9.85. The summed E-state index contributed by atoms with van der Waals surface area (Å²) < 4.78 is 0. The molecule has 3 unspecified atom stereocenters. The molecular weight excluding hydrogens is 234 g/mol. The zero-order valence-electron chi connectivity index (χ0n) is 13.4. The van der Waals surface area contributed by atoms with E-state index in [0.717, 1.165) is 31.7 Å². The summed E-state index contributed by atoms with van der Waals surface area (Å²) in [5, 5.41) is 12.9. The molecule has 0 radical (unpaired) electrons. The summed E-state index contributed by atoms with van der Waals surface area (Å²) in [6, 6.07) is 3.69. The lowest BCUT2D eigenvalue weighted by Crippen LogP contribution is -2.53. The van der Waals surface area contributed by atoms with E-state index >= 15 is 0 Å². The van der Waals surface area contributed by atoms with Crippen LogP contribution in [0.2, 0.25) is 0 Å². The molecule has 3 heteroatoms. The fourth-order valence-electron chi connectivity index (χ4n) is 3.44. The van der Waals surface area contributed by atoms with Crippen LogP contribution in [0.15, 0.2) is 0 Å². The van der Waals surface area contributed by atoms with E-state index in [1.165, 1.54) is 12.8 Å². The van der Waals surface area contributed by atoms with Crippen LogP contribution in [0.5, 0.6) is 0 Å². The Bertz CT molecular complexity index is 304. The molecule has 0 aromatic carbocycles. The number of hydrogen-bond donors (Lipinski definition) is 1. The minimum absolute atomic E-state index is 0.288. The molecule has 19 heavy (non-hydrogen) atoms. The maximum Gasteiger partial charge on any atom is 0.108 e. The predicted octanol–water partition coefficient (Wildman–Crippen LogP) is 3.17. The van der Waals surface area contributed by atoms with E-state index in [1.54, 1.807) is 0 Å². The number of nitrogens with one attached hydrogen (secondary N) is 1. The largest absolute Gasteiger partial charge is 0.301 e.